The number of ketones is 1. The van der Waals surface area contributed by atoms with Gasteiger partial charge < -0.3 is 0 Å². The maximum atomic E-state index is 13.2. The lowest BCUT2D eigenvalue weighted by Crippen LogP contribution is -2.07. The molecule has 4 heterocycles. The van der Waals surface area contributed by atoms with Gasteiger partial charge in [-0.25, -0.2) is 4.98 Å². The molecule has 0 N–H and O–H groups in total. The van der Waals surface area contributed by atoms with Gasteiger partial charge in [0.15, 0.2) is 5.78 Å². The van der Waals surface area contributed by atoms with E-state index >= 15 is 0 Å². The number of rotatable bonds is 7. The fourth-order valence-corrected chi connectivity index (χ4v) is 4.14. The molecule has 0 amide bonds. The third-order valence-electron chi connectivity index (χ3n) is 5.67. The third kappa shape index (κ3) is 3.42. The summed E-state index contributed by atoms with van der Waals surface area (Å²) in [6.07, 6.45) is 8.60. The number of hydrogen-bond donors (Lipinski definition) is 0. The standard InChI is InChI=1S/C24H24N6O/c1-3-19-24-18(12-22(31)21-14-25-23-10-5-6-11-29(21)23)8-7-9-20(24)30(27-19)16-17-13-26-28(4-2)15-17/h5-11,13-15H,3-4,12,16H2,1-2H3. The smallest absolute Gasteiger partial charge is 0.185 e. The van der Waals surface area contributed by atoms with Crippen molar-refractivity contribution in [2.75, 3.05) is 0 Å². The first kappa shape index (κ1) is 19.2. The fraction of sp³-hybridized carbons (Fsp3) is 0.250. The molecule has 5 rings (SSSR count). The molecule has 0 saturated carbocycles. The van der Waals surface area contributed by atoms with Gasteiger partial charge in [-0.15, -0.1) is 0 Å². The van der Waals surface area contributed by atoms with Gasteiger partial charge in [-0.2, -0.15) is 10.2 Å². The predicted octanol–water partition coefficient (Wildman–Crippen LogP) is 3.94. The van der Waals surface area contributed by atoms with Gasteiger partial charge in [0.25, 0.3) is 0 Å². The van der Waals surface area contributed by atoms with E-state index in [1.54, 1.807) is 6.20 Å². The van der Waals surface area contributed by atoms with E-state index in [9.17, 15) is 4.79 Å². The molecule has 0 radical (unpaired) electrons. The van der Waals surface area contributed by atoms with Crippen molar-refractivity contribution < 1.29 is 4.79 Å². The summed E-state index contributed by atoms with van der Waals surface area (Å²) in [6.45, 7) is 5.67. The van der Waals surface area contributed by atoms with Crippen molar-refractivity contribution >= 4 is 22.3 Å². The summed E-state index contributed by atoms with van der Waals surface area (Å²) in [5.41, 5.74) is 5.55. The molecule has 0 aliphatic heterocycles. The van der Waals surface area contributed by atoms with Gasteiger partial charge in [0.05, 0.1) is 30.1 Å². The van der Waals surface area contributed by atoms with Gasteiger partial charge in [-0.05, 0) is 37.1 Å². The molecule has 0 bridgehead atoms. The van der Waals surface area contributed by atoms with Crippen LogP contribution in [0, 0.1) is 0 Å². The van der Waals surface area contributed by atoms with E-state index < -0.39 is 0 Å². The molecule has 7 nitrogen and oxygen atoms in total. The predicted molar refractivity (Wildman–Crippen MR) is 119 cm³/mol. The highest BCUT2D eigenvalue weighted by Gasteiger charge is 2.18. The van der Waals surface area contributed by atoms with Crippen LogP contribution in [0.4, 0.5) is 0 Å². The van der Waals surface area contributed by atoms with Crippen molar-refractivity contribution in [3.05, 3.63) is 83.7 Å². The number of Topliss-reactive ketones (excluding diaryl/α,β-unsaturated/α-hetero) is 1. The Kier molecular flexibility index (Phi) is 4.86. The minimum atomic E-state index is 0.0465. The molecule has 0 spiro atoms. The van der Waals surface area contributed by atoms with Crippen LogP contribution in [0.25, 0.3) is 16.6 Å². The largest absolute Gasteiger partial charge is 0.297 e. The Morgan fingerprint density at radius 3 is 2.77 bits per heavy atom. The average molecular weight is 412 g/mol. The van der Waals surface area contributed by atoms with Gasteiger partial charge in [-0.1, -0.05) is 25.1 Å². The Bertz CT molecular complexity index is 1390. The first-order valence-corrected chi connectivity index (χ1v) is 10.6. The highest BCUT2D eigenvalue weighted by atomic mass is 16.1. The molecule has 156 valence electrons. The zero-order chi connectivity index (χ0) is 21.4. The minimum absolute atomic E-state index is 0.0465. The van der Waals surface area contributed by atoms with Crippen LogP contribution in [0.1, 0.15) is 41.2 Å². The monoisotopic (exact) mass is 412 g/mol. The molecule has 4 aromatic heterocycles. The fourth-order valence-electron chi connectivity index (χ4n) is 4.14. The topological polar surface area (TPSA) is 70.0 Å². The van der Waals surface area contributed by atoms with Crippen LogP contribution in [0.3, 0.4) is 0 Å². The maximum absolute atomic E-state index is 13.2. The van der Waals surface area contributed by atoms with E-state index in [0.717, 1.165) is 46.3 Å². The van der Waals surface area contributed by atoms with Gasteiger partial charge in [0, 0.05) is 36.3 Å². The lowest BCUT2D eigenvalue weighted by molar-refractivity contribution is 0.0987. The molecule has 0 unspecified atom stereocenters. The van der Waals surface area contributed by atoms with Crippen LogP contribution in [0.15, 0.2) is 61.2 Å². The minimum Gasteiger partial charge on any atom is -0.297 e. The van der Waals surface area contributed by atoms with Crippen molar-refractivity contribution in [2.45, 2.75) is 39.8 Å². The van der Waals surface area contributed by atoms with Crippen LogP contribution in [-0.2, 0) is 25.9 Å². The van der Waals surface area contributed by atoms with E-state index in [0.29, 0.717) is 18.7 Å². The van der Waals surface area contributed by atoms with Crippen LogP contribution in [0.5, 0.6) is 0 Å². The van der Waals surface area contributed by atoms with Crippen molar-refractivity contribution in [3.63, 3.8) is 0 Å². The van der Waals surface area contributed by atoms with Crippen molar-refractivity contribution in [2.24, 2.45) is 0 Å². The molecule has 0 aliphatic rings. The lowest BCUT2D eigenvalue weighted by atomic mass is 10.0. The quantitative estimate of drug-likeness (QED) is 0.380. The summed E-state index contributed by atoms with van der Waals surface area (Å²) in [5.74, 6) is 0.0465. The maximum Gasteiger partial charge on any atom is 0.185 e. The van der Waals surface area contributed by atoms with Crippen molar-refractivity contribution in [1.82, 2.24) is 28.9 Å². The van der Waals surface area contributed by atoms with E-state index in [1.807, 2.05) is 56.5 Å². The number of benzene rings is 1. The van der Waals surface area contributed by atoms with Crippen LogP contribution >= 0.6 is 0 Å². The van der Waals surface area contributed by atoms with E-state index in [2.05, 4.69) is 36.2 Å². The van der Waals surface area contributed by atoms with Gasteiger partial charge in [0.2, 0.25) is 0 Å². The number of hydrogen-bond acceptors (Lipinski definition) is 4. The Balaban J connectivity index is 1.52. The number of nitrogens with zero attached hydrogens (tertiary/aromatic N) is 6. The number of carbonyl (C=O) groups excluding carboxylic acids is 1. The van der Waals surface area contributed by atoms with Gasteiger partial charge in [-0.3, -0.25) is 18.6 Å². The molecule has 31 heavy (non-hydrogen) atoms. The highest BCUT2D eigenvalue weighted by molar-refractivity contribution is 5.99. The SMILES string of the molecule is CCc1nn(Cc2cnn(CC)c2)c2cccc(CC(=O)c3cnc4ccccn34)c12. The van der Waals surface area contributed by atoms with E-state index in [4.69, 9.17) is 5.10 Å². The average Bonchev–Trinajstić information content (AvgIpc) is 3.51. The van der Waals surface area contributed by atoms with Crippen LogP contribution in [-0.4, -0.2) is 34.7 Å². The third-order valence-corrected chi connectivity index (χ3v) is 5.67. The first-order chi connectivity index (χ1) is 15.2. The Labute approximate surface area is 179 Å². The summed E-state index contributed by atoms with van der Waals surface area (Å²) in [5, 5.41) is 10.3. The Morgan fingerprint density at radius 2 is 1.97 bits per heavy atom. The molecule has 5 aromatic rings. The molecule has 1 aromatic carbocycles. The number of aromatic nitrogens is 6. The first-order valence-electron chi connectivity index (χ1n) is 10.6. The summed E-state index contributed by atoms with van der Waals surface area (Å²) < 4.78 is 5.78. The van der Waals surface area contributed by atoms with Crippen molar-refractivity contribution in [1.29, 1.82) is 0 Å². The summed E-state index contributed by atoms with van der Waals surface area (Å²) in [6, 6.07) is 11.8. The second kappa shape index (κ2) is 7.83. The number of carbonyl (C=O) groups is 1. The van der Waals surface area contributed by atoms with E-state index in [-0.39, 0.29) is 5.78 Å². The summed E-state index contributed by atoms with van der Waals surface area (Å²) in [4.78, 5) is 17.5. The zero-order valence-electron chi connectivity index (χ0n) is 17.7. The number of fused-ring (bicyclic) bond motifs is 2. The Morgan fingerprint density at radius 1 is 1.06 bits per heavy atom. The molecule has 0 aliphatic carbocycles. The van der Waals surface area contributed by atoms with Crippen molar-refractivity contribution in [3.8, 4) is 0 Å². The zero-order valence-corrected chi connectivity index (χ0v) is 17.7. The Hall–Kier alpha value is -3.74. The molecular weight excluding hydrogens is 388 g/mol. The molecule has 0 fully saturated rings. The molecule has 7 heteroatoms. The molecular formula is C24H24N6O. The second-order valence-electron chi connectivity index (χ2n) is 7.65. The van der Waals surface area contributed by atoms with Gasteiger partial charge >= 0.3 is 0 Å². The highest BCUT2D eigenvalue weighted by Crippen LogP contribution is 2.26. The van der Waals surface area contributed by atoms with E-state index in [1.165, 1.54) is 0 Å². The normalized spacial score (nSPS) is 11.5. The number of imidazole rings is 1. The summed E-state index contributed by atoms with van der Waals surface area (Å²) >= 11 is 0. The lowest BCUT2D eigenvalue weighted by Gasteiger charge is -2.06. The molecule has 0 saturated heterocycles. The van der Waals surface area contributed by atoms with Crippen LogP contribution < -0.4 is 0 Å². The van der Waals surface area contributed by atoms with Gasteiger partial charge in [0.1, 0.15) is 11.3 Å². The number of pyridine rings is 1. The van der Waals surface area contributed by atoms with Crippen LogP contribution in [0.2, 0.25) is 0 Å². The second-order valence-corrected chi connectivity index (χ2v) is 7.65. The molecule has 0 atom stereocenters. The number of aryl methyl sites for hydroxylation is 2. The summed E-state index contributed by atoms with van der Waals surface area (Å²) in [7, 11) is 0.